The van der Waals surface area contributed by atoms with E-state index in [2.05, 4.69) is 5.32 Å². The van der Waals surface area contributed by atoms with Crippen LogP contribution in [0.15, 0.2) is 28.9 Å². The number of hydrogen-bond acceptors (Lipinski definition) is 3. The van der Waals surface area contributed by atoms with Crippen LogP contribution in [0.3, 0.4) is 0 Å². The second kappa shape index (κ2) is 4.26. The summed E-state index contributed by atoms with van der Waals surface area (Å²) in [5.41, 5.74) is 2.56. The number of hydrogen-bond donors (Lipinski definition) is 1. The van der Waals surface area contributed by atoms with Crippen LogP contribution in [0.4, 0.5) is 10.5 Å². The highest BCUT2D eigenvalue weighted by Crippen LogP contribution is 2.23. The molecule has 1 aromatic carbocycles. The summed E-state index contributed by atoms with van der Waals surface area (Å²) in [6.45, 7) is 4.09. The lowest BCUT2D eigenvalue weighted by Gasteiger charge is -2.04. The molecule has 2 aromatic rings. The van der Waals surface area contributed by atoms with E-state index in [1.54, 1.807) is 19.3 Å². The van der Waals surface area contributed by atoms with Gasteiger partial charge in [-0.1, -0.05) is 0 Å². The molecule has 0 radical (unpaired) electrons. The Kier molecular flexibility index (Phi) is 2.81. The lowest BCUT2D eigenvalue weighted by atomic mass is 10.2. The Balaban J connectivity index is 2.25. The third-order valence-corrected chi connectivity index (χ3v) is 2.29. The van der Waals surface area contributed by atoms with Gasteiger partial charge in [-0.25, -0.2) is 4.79 Å². The van der Waals surface area contributed by atoms with E-state index in [0.29, 0.717) is 12.3 Å². The smallest absolute Gasteiger partial charge is 0.411 e. The summed E-state index contributed by atoms with van der Waals surface area (Å²) in [7, 11) is 0. The molecule has 2 rings (SSSR count). The summed E-state index contributed by atoms with van der Waals surface area (Å²) < 4.78 is 10.1. The Labute approximate surface area is 93.2 Å². The van der Waals surface area contributed by atoms with E-state index in [1.165, 1.54) is 0 Å². The standard InChI is InChI=1S/C12H13NO3/c1-3-15-12(14)13-9-4-5-11-10(6-9)8(2)7-16-11/h4-7H,3H2,1-2H3,(H,13,14). The summed E-state index contributed by atoms with van der Waals surface area (Å²) in [6, 6.07) is 5.47. The van der Waals surface area contributed by atoms with Gasteiger partial charge in [0.25, 0.3) is 0 Å². The topological polar surface area (TPSA) is 51.5 Å². The zero-order valence-corrected chi connectivity index (χ0v) is 9.24. The molecule has 0 aliphatic carbocycles. The van der Waals surface area contributed by atoms with Crippen molar-refractivity contribution in [3.8, 4) is 0 Å². The van der Waals surface area contributed by atoms with E-state index in [9.17, 15) is 4.79 Å². The molecule has 84 valence electrons. The Morgan fingerprint density at radius 1 is 1.50 bits per heavy atom. The maximum atomic E-state index is 11.2. The maximum Gasteiger partial charge on any atom is 0.411 e. The van der Waals surface area contributed by atoms with Crippen molar-refractivity contribution >= 4 is 22.7 Å². The van der Waals surface area contributed by atoms with Crippen molar-refractivity contribution in [3.63, 3.8) is 0 Å². The maximum absolute atomic E-state index is 11.2. The number of benzene rings is 1. The molecule has 0 spiro atoms. The highest BCUT2D eigenvalue weighted by atomic mass is 16.5. The number of anilines is 1. The molecule has 1 heterocycles. The molecule has 4 heteroatoms. The van der Waals surface area contributed by atoms with Crippen LogP contribution in [0.2, 0.25) is 0 Å². The average molecular weight is 219 g/mol. The van der Waals surface area contributed by atoms with Crippen molar-refractivity contribution in [2.24, 2.45) is 0 Å². The van der Waals surface area contributed by atoms with Gasteiger partial charge in [-0.3, -0.25) is 5.32 Å². The zero-order valence-electron chi connectivity index (χ0n) is 9.24. The molecular formula is C12H13NO3. The lowest BCUT2D eigenvalue weighted by molar-refractivity contribution is 0.168. The van der Waals surface area contributed by atoms with Gasteiger partial charge in [0.15, 0.2) is 0 Å². The van der Waals surface area contributed by atoms with E-state index in [-0.39, 0.29) is 0 Å². The van der Waals surface area contributed by atoms with Crippen LogP contribution in [-0.4, -0.2) is 12.7 Å². The normalized spacial score (nSPS) is 10.4. The summed E-state index contributed by atoms with van der Waals surface area (Å²) in [6.07, 6.45) is 1.25. The molecular weight excluding hydrogens is 206 g/mol. The molecule has 16 heavy (non-hydrogen) atoms. The first kappa shape index (κ1) is 10.5. The molecule has 0 aliphatic heterocycles. The Bertz CT molecular complexity index is 516. The highest BCUT2D eigenvalue weighted by Gasteiger charge is 2.05. The molecule has 4 nitrogen and oxygen atoms in total. The number of aryl methyl sites for hydroxylation is 1. The minimum atomic E-state index is -0.442. The Hall–Kier alpha value is -1.97. The molecule has 0 bridgehead atoms. The van der Waals surface area contributed by atoms with Gasteiger partial charge in [0.1, 0.15) is 5.58 Å². The van der Waals surface area contributed by atoms with Crippen LogP contribution in [0.1, 0.15) is 12.5 Å². The molecule has 0 aliphatic rings. The van der Waals surface area contributed by atoms with E-state index >= 15 is 0 Å². The molecule has 0 saturated heterocycles. The number of carbonyl (C=O) groups excluding carboxylic acids is 1. The molecule has 1 N–H and O–H groups in total. The van der Waals surface area contributed by atoms with E-state index in [4.69, 9.17) is 9.15 Å². The van der Waals surface area contributed by atoms with Crippen molar-refractivity contribution in [2.75, 3.05) is 11.9 Å². The van der Waals surface area contributed by atoms with Gasteiger partial charge in [0, 0.05) is 11.1 Å². The predicted octanol–water partition coefficient (Wildman–Crippen LogP) is 3.31. The largest absolute Gasteiger partial charge is 0.464 e. The van der Waals surface area contributed by atoms with Gasteiger partial charge in [0.05, 0.1) is 12.9 Å². The van der Waals surface area contributed by atoms with Crippen LogP contribution in [0.5, 0.6) is 0 Å². The quantitative estimate of drug-likeness (QED) is 0.842. The zero-order chi connectivity index (χ0) is 11.5. The van der Waals surface area contributed by atoms with E-state index in [1.807, 2.05) is 19.1 Å². The minimum absolute atomic E-state index is 0.360. The average Bonchev–Trinajstić information content (AvgIpc) is 2.61. The first-order valence-corrected chi connectivity index (χ1v) is 5.12. The fraction of sp³-hybridized carbons (Fsp3) is 0.250. The predicted molar refractivity (Wildman–Crippen MR) is 61.6 cm³/mol. The second-order valence-electron chi connectivity index (χ2n) is 3.48. The van der Waals surface area contributed by atoms with Crippen molar-refractivity contribution in [1.29, 1.82) is 0 Å². The van der Waals surface area contributed by atoms with Gasteiger partial charge in [0.2, 0.25) is 0 Å². The van der Waals surface area contributed by atoms with Crippen molar-refractivity contribution < 1.29 is 13.9 Å². The fourth-order valence-corrected chi connectivity index (χ4v) is 1.52. The summed E-state index contributed by atoms with van der Waals surface area (Å²) in [5.74, 6) is 0. The number of nitrogens with one attached hydrogen (secondary N) is 1. The molecule has 0 fully saturated rings. The van der Waals surface area contributed by atoms with Crippen LogP contribution < -0.4 is 5.32 Å². The van der Waals surface area contributed by atoms with Gasteiger partial charge in [-0.15, -0.1) is 0 Å². The van der Waals surface area contributed by atoms with Crippen molar-refractivity contribution in [1.82, 2.24) is 0 Å². The number of amides is 1. The SMILES string of the molecule is CCOC(=O)Nc1ccc2occ(C)c2c1. The Morgan fingerprint density at radius 2 is 2.31 bits per heavy atom. The van der Waals surface area contributed by atoms with Crippen LogP contribution in [0, 0.1) is 6.92 Å². The van der Waals surface area contributed by atoms with E-state index < -0.39 is 6.09 Å². The summed E-state index contributed by atoms with van der Waals surface area (Å²) in [4.78, 5) is 11.2. The van der Waals surface area contributed by atoms with Crippen LogP contribution >= 0.6 is 0 Å². The fourth-order valence-electron chi connectivity index (χ4n) is 1.52. The Morgan fingerprint density at radius 3 is 3.06 bits per heavy atom. The van der Waals surface area contributed by atoms with Crippen LogP contribution in [0.25, 0.3) is 11.0 Å². The lowest BCUT2D eigenvalue weighted by Crippen LogP contribution is -2.13. The van der Waals surface area contributed by atoms with Gasteiger partial charge in [-0.2, -0.15) is 0 Å². The minimum Gasteiger partial charge on any atom is -0.464 e. The van der Waals surface area contributed by atoms with Crippen molar-refractivity contribution in [2.45, 2.75) is 13.8 Å². The third-order valence-electron chi connectivity index (χ3n) is 2.29. The number of furan rings is 1. The monoisotopic (exact) mass is 219 g/mol. The molecule has 1 aromatic heterocycles. The van der Waals surface area contributed by atoms with Gasteiger partial charge >= 0.3 is 6.09 Å². The number of ether oxygens (including phenoxy) is 1. The van der Waals surface area contributed by atoms with Gasteiger partial charge < -0.3 is 9.15 Å². The number of rotatable bonds is 2. The van der Waals surface area contributed by atoms with Crippen LogP contribution in [-0.2, 0) is 4.74 Å². The van der Waals surface area contributed by atoms with Crippen molar-refractivity contribution in [3.05, 3.63) is 30.0 Å². The van der Waals surface area contributed by atoms with Gasteiger partial charge in [-0.05, 0) is 37.6 Å². The highest BCUT2D eigenvalue weighted by molar-refractivity contribution is 5.90. The van der Waals surface area contributed by atoms with E-state index in [0.717, 1.165) is 16.5 Å². The number of fused-ring (bicyclic) bond motifs is 1. The second-order valence-corrected chi connectivity index (χ2v) is 3.48. The first-order valence-electron chi connectivity index (χ1n) is 5.12. The number of carbonyl (C=O) groups is 1. The molecule has 0 atom stereocenters. The summed E-state index contributed by atoms with van der Waals surface area (Å²) in [5, 5.41) is 3.64. The first-order chi connectivity index (χ1) is 7.70. The third kappa shape index (κ3) is 2.00. The summed E-state index contributed by atoms with van der Waals surface area (Å²) >= 11 is 0. The molecule has 0 saturated carbocycles. The molecule has 0 unspecified atom stereocenters. The molecule has 1 amide bonds.